The monoisotopic (exact) mass is 270 g/mol. The summed E-state index contributed by atoms with van der Waals surface area (Å²) in [7, 11) is 0. The number of hydrogen-bond acceptors (Lipinski definition) is 2. The summed E-state index contributed by atoms with van der Waals surface area (Å²) in [5.74, 6) is 0. The Bertz CT molecular complexity index is 301. The van der Waals surface area contributed by atoms with Gasteiger partial charge in [-0.3, -0.25) is 9.88 Å². The van der Waals surface area contributed by atoms with E-state index in [1.807, 2.05) is 12.4 Å². The molecule has 1 unspecified atom stereocenters. The molecule has 84 valence electrons. The lowest BCUT2D eigenvalue weighted by Gasteiger charge is -2.26. The molecule has 1 rings (SSSR count). The van der Waals surface area contributed by atoms with Gasteiger partial charge in [-0.1, -0.05) is 13.8 Å². The third-order valence-electron chi connectivity index (χ3n) is 2.77. The van der Waals surface area contributed by atoms with Crippen LogP contribution in [0.1, 0.15) is 32.8 Å². The van der Waals surface area contributed by atoms with Crippen molar-refractivity contribution in [1.82, 2.24) is 9.88 Å². The van der Waals surface area contributed by atoms with E-state index in [0.717, 1.165) is 17.6 Å². The molecule has 2 nitrogen and oxygen atoms in total. The summed E-state index contributed by atoms with van der Waals surface area (Å²) < 4.78 is 1.06. The SMILES string of the molecule is CCC(C)N(CC)Cc1cncc(Br)c1. The first kappa shape index (κ1) is 12.7. The van der Waals surface area contributed by atoms with Crippen LogP contribution in [0.3, 0.4) is 0 Å². The molecule has 1 aromatic heterocycles. The molecule has 0 fully saturated rings. The van der Waals surface area contributed by atoms with E-state index in [1.165, 1.54) is 12.0 Å². The topological polar surface area (TPSA) is 16.1 Å². The molecule has 0 aliphatic rings. The first-order chi connectivity index (χ1) is 7.17. The summed E-state index contributed by atoms with van der Waals surface area (Å²) in [4.78, 5) is 6.64. The Labute approximate surface area is 101 Å². The van der Waals surface area contributed by atoms with Gasteiger partial charge in [-0.05, 0) is 47.4 Å². The van der Waals surface area contributed by atoms with Crippen LogP contribution in [0.4, 0.5) is 0 Å². The number of halogens is 1. The lowest BCUT2D eigenvalue weighted by molar-refractivity contribution is 0.206. The molecule has 0 N–H and O–H groups in total. The van der Waals surface area contributed by atoms with Crippen molar-refractivity contribution < 1.29 is 0 Å². The fraction of sp³-hybridized carbons (Fsp3) is 0.583. The molecule has 1 atom stereocenters. The highest BCUT2D eigenvalue weighted by Gasteiger charge is 2.10. The van der Waals surface area contributed by atoms with Crippen LogP contribution in [0.5, 0.6) is 0 Å². The van der Waals surface area contributed by atoms with E-state index >= 15 is 0 Å². The maximum absolute atomic E-state index is 4.18. The first-order valence-electron chi connectivity index (χ1n) is 5.50. The lowest BCUT2D eigenvalue weighted by atomic mass is 10.2. The van der Waals surface area contributed by atoms with Crippen LogP contribution in [-0.2, 0) is 6.54 Å². The Hall–Kier alpha value is -0.410. The van der Waals surface area contributed by atoms with Crippen LogP contribution in [-0.4, -0.2) is 22.5 Å². The molecule has 0 aliphatic carbocycles. The standard InChI is InChI=1S/C12H19BrN2/c1-4-10(3)15(5-2)9-11-6-12(13)8-14-7-11/h6-8,10H,4-5,9H2,1-3H3. The van der Waals surface area contributed by atoms with Crippen LogP contribution in [0.25, 0.3) is 0 Å². The molecule has 0 radical (unpaired) electrons. The number of aromatic nitrogens is 1. The maximum atomic E-state index is 4.18. The number of rotatable bonds is 5. The largest absolute Gasteiger partial charge is 0.297 e. The Morgan fingerprint density at radius 3 is 2.67 bits per heavy atom. The minimum Gasteiger partial charge on any atom is -0.297 e. The van der Waals surface area contributed by atoms with E-state index in [1.54, 1.807) is 0 Å². The zero-order chi connectivity index (χ0) is 11.3. The third-order valence-corrected chi connectivity index (χ3v) is 3.20. The molecule has 0 amide bonds. The average Bonchev–Trinajstić information content (AvgIpc) is 2.25. The fourth-order valence-corrected chi connectivity index (χ4v) is 2.03. The number of pyridine rings is 1. The summed E-state index contributed by atoms with van der Waals surface area (Å²) in [6.45, 7) is 8.78. The molecule has 0 bridgehead atoms. The molecule has 3 heteroatoms. The summed E-state index contributed by atoms with van der Waals surface area (Å²) in [5.41, 5.74) is 1.27. The second-order valence-corrected chi connectivity index (χ2v) is 4.75. The first-order valence-corrected chi connectivity index (χ1v) is 6.30. The van der Waals surface area contributed by atoms with Gasteiger partial charge in [0.15, 0.2) is 0 Å². The van der Waals surface area contributed by atoms with Gasteiger partial charge in [-0.15, -0.1) is 0 Å². The summed E-state index contributed by atoms with van der Waals surface area (Å²) in [6.07, 6.45) is 4.95. The smallest absolute Gasteiger partial charge is 0.0410 e. The highest BCUT2D eigenvalue weighted by molar-refractivity contribution is 9.10. The second kappa shape index (κ2) is 6.23. The van der Waals surface area contributed by atoms with Crippen LogP contribution in [0.15, 0.2) is 22.9 Å². The number of hydrogen-bond donors (Lipinski definition) is 0. The molecule has 15 heavy (non-hydrogen) atoms. The van der Waals surface area contributed by atoms with Gasteiger partial charge in [-0.2, -0.15) is 0 Å². The molecule has 0 saturated heterocycles. The third kappa shape index (κ3) is 3.92. The summed E-state index contributed by atoms with van der Waals surface area (Å²) in [5, 5.41) is 0. The zero-order valence-electron chi connectivity index (χ0n) is 9.70. The molecular weight excluding hydrogens is 252 g/mol. The van der Waals surface area contributed by atoms with Crippen molar-refractivity contribution in [3.63, 3.8) is 0 Å². The van der Waals surface area contributed by atoms with Crippen LogP contribution in [0, 0.1) is 0 Å². The van der Waals surface area contributed by atoms with Gasteiger partial charge in [0, 0.05) is 29.5 Å². The van der Waals surface area contributed by atoms with E-state index in [9.17, 15) is 0 Å². The molecule has 0 saturated carbocycles. The molecule has 0 spiro atoms. The van der Waals surface area contributed by atoms with E-state index in [-0.39, 0.29) is 0 Å². The van der Waals surface area contributed by atoms with E-state index in [0.29, 0.717) is 6.04 Å². The molecular formula is C12H19BrN2. The zero-order valence-corrected chi connectivity index (χ0v) is 11.3. The Balaban J connectivity index is 2.66. The maximum Gasteiger partial charge on any atom is 0.0410 e. The predicted molar refractivity (Wildman–Crippen MR) is 67.8 cm³/mol. The van der Waals surface area contributed by atoms with E-state index in [4.69, 9.17) is 0 Å². The second-order valence-electron chi connectivity index (χ2n) is 3.83. The molecule has 1 heterocycles. The Kier molecular flexibility index (Phi) is 5.26. The average molecular weight is 271 g/mol. The van der Waals surface area contributed by atoms with Crippen LogP contribution in [0.2, 0.25) is 0 Å². The van der Waals surface area contributed by atoms with Gasteiger partial charge < -0.3 is 0 Å². The Morgan fingerprint density at radius 1 is 1.40 bits per heavy atom. The van der Waals surface area contributed by atoms with Crippen molar-refractivity contribution in [1.29, 1.82) is 0 Å². The van der Waals surface area contributed by atoms with Crippen molar-refractivity contribution in [2.24, 2.45) is 0 Å². The molecule has 0 aromatic carbocycles. The molecule has 0 aliphatic heterocycles. The van der Waals surface area contributed by atoms with Gasteiger partial charge in [0.1, 0.15) is 0 Å². The van der Waals surface area contributed by atoms with Gasteiger partial charge >= 0.3 is 0 Å². The van der Waals surface area contributed by atoms with E-state index in [2.05, 4.69) is 52.7 Å². The van der Waals surface area contributed by atoms with Gasteiger partial charge in [0.2, 0.25) is 0 Å². The predicted octanol–water partition coefficient (Wildman–Crippen LogP) is 3.46. The van der Waals surface area contributed by atoms with Gasteiger partial charge in [0.05, 0.1) is 0 Å². The normalized spacial score (nSPS) is 13.1. The minimum atomic E-state index is 0.633. The van der Waals surface area contributed by atoms with Crippen LogP contribution < -0.4 is 0 Å². The molecule has 1 aromatic rings. The van der Waals surface area contributed by atoms with Crippen molar-refractivity contribution in [3.05, 3.63) is 28.5 Å². The number of nitrogens with zero attached hydrogens (tertiary/aromatic N) is 2. The van der Waals surface area contributed by atoms with Crippen molar-refractivity contribution in [2.75, 3.05) is 6.54 Å². The summed E-state index contributed by atoms with van der Waals surface area (Å²) in [6, 6.07) is 2.77. The van der Waals surface area contributed by atoms with Crippen LogP contribution >= 0.6 is 15.9 Å². The van der Waals surface area contributed by atoms with E-state index < -0.39 is 0 Å². The van der Waals surface area contributed by atoms with Crippen molar-refractivity contribution >= 4 is 15.9 Å². The van der Waals surface area contributed by atoms with Crippen molar-refractivity contribution in [2.45, 2.75) is 39.8 Å². The van der Waals surface area contributed by atoms with Gasteiger partial charge in [0.25, 0.3) is 0 Å². The van der Waals surface area contributed by atoms with Crippen molar-refractivity contribution in [3.8, 4) is 0 Å². The highest BCUT2D eigenvalue weighted by Crippen LogP contribution is 2.13. The Morgan fingerprint density at radius 2 is 2.13 bits per heavy atom. The highest BCUT2D eigenvalue weighted by atomic mass is 79.9. The lowest BCUT2D eigenvalue weighted by Crippen LogP contribution is -2.31. The minimum absolute atomic E-state index is 0.633. The summed E-state index contributed by atoms with van der Waals surface area (Å²) >= 11 is 3.45. The fourth-order valence-electron chi connectivity index (χ4n) is 1.61. The van der Waals surface area contributed by atoms with Gasteiger partial charge in [-0.25, -0.2) is 0 Å². The quantitative estimate of drug-likeness (QED) is 0.815.